The van der Waals surface area contributed by atoms with Crippen molar-refractivity contribution in [3.63, 3.8) is 0 Å². The Morgan fingerprint density at radius 1 is 1.00 bits per heavy atom. The Hall–Kier alpha value is -2.55. The van der Waals surface area contributed by atoms with Gasteiger partial charge in [-0.1, -0.05) is 30.3 Å². The first kappa shape index (κ1) is 13.4. The molecule has 0 fully saturated rings. The van der Waals surface area contributed by atoms with Gasteiger partial charge in [-0.15, -0.1) is 0 Å². The van der Waals surface area contributed by atoms with E-state index in [0.717, 1.165) is 17.9 Å². The van der Waals surface area contributed by atoms with Crippen molar-refractivity contribution in [2.24, 2.45) is 0 Å². The Morgan fingerprint density at radius 3 is 2.67 bits per heavy atom. The molecule has 0 aliphatic rings. The molecule has 1 aromatic heterocycles. The molecule has 1 N–H and O–H groups in total. The average Bonchev–Trinajstić information content (AvgIpc) is 3.03. The van der Waals surface area contributed by atoms with E-state index in [1.54, 1.807) is 6.20 Å². The topological polar surface area (TPSA) is 29.9 Å². The summed E-state index contributed by atoms with van der Waals surface area (Å²) in [5.41, 5.74) is 6.15. The van der Waals surface area contributed by atoms with Crippen molar-refractivity contribution < 1.29 is 0 Å². The molecule has 0 radical (unpaired) electrons. The third-order valence-electron chi connectivity index (χ3n) is 3.84. The highest BCUT2D eigenvalue weighted by atomic mass is 15.3. The van der Waals surface area contributed by atoms with Crippen LogP contribution < -0.4 is 5.32 Å². The molecule has 0 unspecified atom stereocenters. The number of nitrogens with zero attached hydrogens (tertiary/aromatic N) is 2. The summed E-state index contributed by atoms with van der Waals surface area (Å²) in [4.78, 5) is 0. The highest BCUT2D eigenvalue weighted by Gasteiger charge is 2.05. The summed E-state index contributed by atoms with van der Waals surface area (Å²) in [6.07, 6.45) is 3.75. The van der Waals surface area contributed by atoms with Gasteiger partial charge in [0.05, 0.1) is 11.4 Å². The van der Waals surface area contributed by atoms with Crippen molar-refractivity contribution in [2.45, 2.75) is 20.4 Å². The Kier molecular flexibility index (Phi) is 3.73. The van der Waals surface area contributed by atoms with E-state index in [1.807, 2.05) is 29.1 Å². The molecule has 3 rings (SSSR count). The third-order valence-corrected chi connectivity index (χ3v) is 3.84. The summed E-state index contributed by atoms with van der Waals surface area (Å²) in [6, 6.07) is 16.6. The normalized spacial score (nSPS) is 10.6. The zero-order valence-corrected chi connectivity index (χ0v) is 12.4. The fraction of sp³-hybridized carbons (Fsp3) is 0.167. The lowest BCUT2D eigenvalue weighted by Gasteiger charge is -2.14. The maximum Gasteiger partial charge on any atom is 0.0876 e. The van der Waals surface area contributed by atoms with Gasteiger partial charge in [-0.25, -0.2) is 4.68 Å². The highest BCUT2D eigenvalue weighted by molar-refractivity contribution is 5.60. The number of hydrogen-bond donors (Lipinski definition) is 1. The number of aromatic nitrogens is 2. The van der Waals surface area contributed by atoms with Gasteiger partial charge in [-0.2, -0.15) is 5.10 Å². The second-order valence-corrected chi connectivity index (χ2v) is 5.18. The van der Waals surface area contributed by atoms with Crippen LogP contribution in [-0.4, -0.2) is 9.78 Å². The predicted molar refractivity (Wildman–Crippen MR) is 86.8 cm³/mol. The van der Waals surface area contributed by atoms with E-state index < -0.39 is 0 Å². The van der Waals surface area contributed by atoms with Crippen molar-refractivity contribution in [3.05, 3.63) is 77.6 Å². The van der Waals surface area contributed by atoms with Gasteiger partial charge in [0.2, 0.25) is 0 Å². The molecule has 0 aliphatic heterocycles. The lowest BCUT2D eigenvalue weighted by molar-refractivity contribution is 0.879. The van der Waals surface area contributed by atoms with Crippen LogP contribution >= 0.6 is 0 Å². The Morgan fingerprint density at radius 2 is 1.86 bits per heavy atom. The van der Waals surface area contributed by atoms with Crippen LogP contribution in [0.1, 0.15) is 16.7 Å². The summed E-state index contributed by atoms with van der Waals surface area (Å²) in [5, 5.41) is 7.84. The predicted octanol–water partition coefficient (Wildman–Crippen LogP) is 4.10. The largest absolute Gasteiger partial charge is 0.379 e. The summed E-state index contributed by atoms with van der Waals surface area (Å²) in [5.74, 6) is 0. The van der Waals surface area contributed by atoms with Gasteiger partial charge in [-0.3, -0.25) is 0 Å². The molecule has 2 aromatic carbocycles. The fourth-order valence-electron chi connectivity index (χ4n) is 2.43. The molecular formula is C18H19N3. The van der Waals surface area contributed by atoms with Crippen LogP contribution in [0.4, 0.5) is 5.69 Å². The minimum Gasteiger partial charge on any atom is -0.379 e. The van der Waals surface area contributed by atoms with Crippen LogP contribution in [-0.2, 0) is 6.54 Å². The first-order valence-electron chi connectivity index (χ1n) is 7.14. The minimum absolute atomic E-state index is 0.811. The van der Waals surface area contributed by atoms with E-state index >= 15 is 0 Å². The van der Waals surface area contributed by atoms with Crippen LogP contribution in [0.5, 0.6) is 0 Å². The van der Waals surface area contributed by atoms with E-state index in [-0.39, 0.29) is 0 Å². The van der Waals surface area contributed by atoms with E-state index in [2.05, 4.69) is 54.6 Å². The monoisotopic (exact) mass is 277 g/mol. The van der Waals surface area contributed by atoms with Crippen molar-refractivity contribution in [3.8, 4) is 5.69 Å². The molecule has 0 saturated heterocycles. The molecule has 0 saturated carbocycles. The SMILES string of the molecule is Cc1cccc(CNc2ccccc2-n2cccn2)c1C. The molecule has 0 spiro atoms. The third kappa shape index (κ3) is 2.82. The smallest absolute Gasteiger partial charge is 0.0876 e. The molecule has 1 heterocycles. The van der Waals surface area contributed by atoms with E-state index in [9.17, 15) is 0 Å². The molecule has 0 atom stereocenters. The van der Waals surface area contributed by atoms with Crippen LogP contribution in [0.3, 0.4) is 0 Å². The van der Waals surface area contributed by atoms with Gasteiger partial charge in [-0.05, 0) is 48.7 Å². The Labute approximate surface area is 125 Å². The summed E-state index contributed by atoms with van der Waals surface area (Å²) in [7, 11) is 0. The first-order valence-corrected chi connectivity index (χ1v) is 7.14. The quantitative estimate of drug-likeness (QED) is 0.778. The number of anilines is 1. The lowest BCUT2D eigenvalue weighted by atomic mass is 10.0. The Balaban J connectivity index is 1.85. The van der Waals surface area contributed by atoms with E-state index in [4.69, 9.17) is 0 Å². The van der Waals surface area contributed by atoms with Crippen molar-refractivity contribution in [2.75, 3.05) is 5.32 Å². The number of nitrogens with one attached hydrogen (secondary N) is 1. The molecule has 0 aliphatic carbocycles. The fourth-order valence-corrected chi connectivity index (χ4v) is 2.43. The number of benzene rings is 2. The highest BCUT2D eigenvalue weighted by Crippen LogP contribution is 2.21. The lowest BCUT2D eigenvalue weighted by Crippen LogP contribution is -2.06. The molecular weight excluding hydrogens is 258 g/mol. The van der Waals surface area contributed by atoms with Crippen molar-refractivity contribution in [1.29, 1.82) is 0 Å². The molecule has 3 aromatic rings. The zero-order chi connectivity index (χ0) is 14.7. The number of rotatable bonds is 4. The second-order valence-electron chi connectivity index (χ2n) is 5.18. The van der Waals surface area contributed by atoms with Gasteiger partial charge in [0.25, 0.3) is 0 Å². The summed E-state index contributed by atoms with van der Waals surface area (Å²) < 4.78 is 1.88. The van der Waals surface area contributed by atoms with Gasteiger partial charge in [0.15, 0.2) is 0 Å². The number of para-hydroxylation sites is 2. The number of aryl methyl sites for hydroxylation is 1. The van der Waals surface area contributed by atoms with E-state index in [0.29, 0.717) is 0 Å². The van der Waals surface area contributed by atoms with Crippen molar-refractivity contribution in [1.82, 2.24) is 9.78 Å². The Bertz CT molecular complexity index is 730. The van der Waals surface area contributed by atoms with Gasteiger partial charge >= 0.3 is 0 Å². The van der Waals surface area contributed by atoms with E-state index in [1.165, 1.54) is 16.7 Å². The van der Waals surface area contributed by atoms with Crippen molar-refractivity contribution >= 4 is 5.69 Å². The van der Waals surface area contributed by atoms with Crippen LogP contribution in [0.15, 0.2) is 60.9 Å². The second kappa shape index (κ2) is 5.83. The van der Waals surface area contributed by atoms with Crippen LogP contribution in [0.2, 0.25) is 0 Å². The van der Waals surface area contributed by atoms with Gasteiger partial charge < -0.3 is 5.32 Å². The van der Waals surface area contributed by atoms with Gasteiger partial charge in [0.1, 0.15) is 0 Å². The van der Waals surface area contributed by atoms with Crippen LogP contribution in [0, 0.1) is 13.8 Å². The molecule has 0 bridgehead atoms. The van der Waals surface area contributed by atoms with Gasteiger partial charge in [0, 0.05) is 18.9 Å². The first-order chi connectivity index (χ1) is 10.3. The molecule has 21 heavy (non-hydrogen) atoms. The number of hydrogen-bond acceptors (Lipinski definition) is 2. The standard InChI is InChI=1S/C18H19N3/c1-14-7-5-8-16(15(14)2)13-19-17-9-3-4-10-18(17)21-12-6-11-20-21/h3-12,19H,13H2,1-2H3. The zero-order valence-electron chi connectivity index (χ0n) is 12.4. The van der Waals surface area contributed by atoms with Crippen LogP contribution in [0.25, 0.3) is 5.69 Å². The maximum atomic E-state index is 4.31. The molecule has 0 amide bonds. The summed E-state index contributed by atoms with van der Waals surface area (Å²) >= 11 is 0. The summed E-state index contributed by atoms with van der Waals surface area (Å²) in [6.45, 7) is 5.13. The molecule has 3 heteroatoms. The minimum atomic E-state index is 0.811. The maximum absolute atomic E-state index is 4.31. The molecule has 3 nitrogen and oxygen atoms in total. The average molecular weight is 277 g/mol. The molecule has 106 valence electrons.